The molecule has 0 saturated carbocycles. The highest BCUT2D eigenvalue weighted by Crippen LogP contribution is 2.23. The Morgan fingerprint density at radius 3 is 2.76 bits per heavy atom. The lowest BCUT2D eigenvalue weighted by molar-refractivity contribution is -0.385. The Morgan fingerprint density at radius 1 is 1.48 bits per heavy atom. The second-order valence-corrected chi connectivity index (χ2v) is 6.85. The summed E-state index contributed by atoms with van der Waals surface area (Å²) < 4.78 is 32.8. The maximum Gasteiger partial charge on any atom is 0.270 e. The van der Waals surface area contributed by atoms with E-state index in [-0.39, 0.29) is 22.7 Å². The summed E-state index contributed by atoms with van der Waals surface area (Å²) in [4.78, 5) is 10.1. The van der Waals surface area contributed by atoms with Gasteiger partial charge in [0.2, 0.25) is 10.0 Å². The summed E-state index contributed by atoms with van der Waals surface area (Å²) in [7, 11) is -3.82. The Balaban J connectivity index is 2.26. The predicted molar refractivity (Wildman–Crippen MR) is 76.6 cm³/mol. The molecule has 1 N–H and O–H groups in total. The smallest absolute Gasteiger partial charge is 0.270 e. The van der Waals surface area contributed by atoms with E-state index in [1.165, 1.54) is 12.1 Å². The molecule has 0 amide bonds. The van der Waals surface area contributed by atoms with Crippen molar-refractivity contribution in [2.75, 3.05) is 6.61 Å². The molecule has 0 aromatic heterocycles. The molecule has 2 rings (SSSR count). The number of benzene rings is 1. The van der Waals surface area contributed by atoms with Gasteiger partial charge in [0, 0.05) is 24.8 Å². The van der Waals surface area contributed by atoms with Crippen molar-refractivity contribution in [3.05, 3.63) is 33.9 Å². The number of hydrogen-bond acceptors (Lipinski definition) is 5. The van der Waals surface area contributed by atoms with E-state index in [9.17, 15) is 18.5 Å². The van der Waals surface area contributed by atoms with Crippen LogP contribution < -0.4 is 4.72 Å². The van der Waals surface area contributed by atoms with Crippen LogP contribution in [0.15, 0.2) is 23.1 Å². The Labute approximate surface area is 123 Å². The van der Waals surface area contributed by atoms with Crippen LogP contribution in [0.1, 0.15) is 25.3 Å². The van der Waals surface area contributed by atoms with Gasteiger partial charge in [0.25, 0.3) is 5.69 Å². The lowest BCUT2D eigenvalue weighted by Gasteiger charge is -2.20. The van der Waals surface area contributed by atoms with E-state index < -0.39 is 14.9 Å². The molecule has 0 bridgehead atoms. The summed E-state index contributed by atoms with van der Waals surface area (Å²) in [5.41, 5.74) is 0.221. The summed E-state index contributed by atoms with van der Waals surface area (Å²) in [6.07, 6.45) is 1.56. The molecule has 1 saturated heterocycles. The van der Waals surface area contributed by atoms with E-state index >= 15 is 0 Å². The van der Waals surface area contributed by atoms with Crippen molar-refractivity contribution in [2.45, 2.75) is 43.7 Å². The van der Waals surface area contributed by atoms with Crippen LogP contribution in [0.5, 0.6) is 0 Å². The third-order valence-electron chi connectivity index (χ3n) is 3.54. The van der Waals surface area contributed by atoms with Crippen molar-refractivity contribution in [3.8, 4) is 0 Å². The van der Waals surface area contributed by atoms with Crippen LogP contribution in [-0.2, 0) is 14.8 Å². The van der Waals surface area contributed by atoms with Crippen molar-refractivity contribution in [1.29, 1.82) is 0 Å². The highest BCUT2D eigenvalue weighted by Gasteiger charge is 2.28. The second-order valence-electron chi connectivity index (χ2n) is 5.17. The monoisotopic (exact) mass is 314 g/mol. The summed E-state index contributed by atoms with van der Waals surface area (Å²) in [6.45, 7) is 3.97. The van der Waals surface area contributed by atoms with Crippen LogP contribution in [0.25, 0.3) is 0 Å². The minimum atomic E-state index is -3.82. The van der Waals surface area contributed by atoms with Crippen molar-refractivity contribution >= 4 is 15.7 Å². The van der Waals surface area contributed by atoms with Gasteiger partial charge < -0.3 is 4.74 Å². The summed E-state index contributed by atoms with van der Waals surface area (Å²) in [6, 6.07) is 3.43. The number of rotatable bonds is 5. The number of non-ortho nitro benzene ring substituents is 1. The minimum Gasteiger partial charge on any atom is -0.377 e. The maximum atomic E-state index is 12.4. The average molecular weight is 314 g/mol. The van der Waals surface area contributed by atoms with E-state index in [4.69, 9.17) is 4.74 Å². The van der Waals surface area contributed by atoms with Crippen LogP contribution in [0, 0.1) is 17.0 Å². The first-order valence-electron chi connectivity index (χ1n) is 6.70. The first-order chi connectivity index (χ1) is 9.81. The van der Waals surface area contributed by atoms with Gasteiger partial charge in [0.15, 0.2) is 0 Å². The Bertz CT molecular complexity index is 638. The third kappa shape index (κ3) is 3.58. The van der Waals surface area contributed by atoms with Gasteiger partial charge in [-0.15, -0.1) is 0 Å². The van der Waals surface area contributed by atoms with Crippen molar-refractivity contribution in [3.63, 3.8) is 0 Å². The summed E-state index contributed by atoms with van der Waals surface area (Å²) in [5, 5.41) is 10.8. The van der Waals surface area contributed by atoms with E-state index in [0.29, 0.717) is 12.2 Å². The van der Waals surface area contributed by atoms with Crippen LogP contribution in [0.4, 0.5) is 5.69 Å². The number of nitro benzene ring substituents is 1. The molecule has 116 valence electrons. The molecule has 1 aliphatic heterocycles. The molecule has 8 heteroatoms. The Hall–Kier alpha value is -1.51. The van der Waals surface area contributed by atoms with E-state index in [1.807, 2.05) is 0 Å². The predicted octanol–water partition coefficient (Wildman–Crippen LogP) is 1.75. The van der Waals surface area contributed by atoms with Gasteiger partial charge in [-0.25, -0.2) is 13.1 Å². The number of nitro groups is 1. The highest BCUT2D eigenvalue weighted by atomic mass is 32.2. The number of ether oxygens (including phenoxy) is 1. The minimum absolute atomic E-state index is 0.0680. The standard InChI is InChI=1S/C13H18N2O5S/c1-9-5-6-11(15(16)17)8-13(9)21(18,19)14-10(2)12-4-3-7-20-12/h5-6,8,10,12,14H,3-4,7H2,1-2H3/t10-,12-/m0/s1. The molecule has 1 heterocycles. The normalized spacial score (nSPS) is 20.4. The van der Waals surface area contributed by atoms with Gasteiger partial charge in [-0.2, -0.15) is 0 Å². The number of hydrogen-bond donors (Lipinski definition) is 1. The largest absolute Gasteiger partial charge is 0.377 e. The van der Waals surface area contributed by atoms with E-state index in [0.717, 1.165) is 18.9 Å². The Morgan fingerprint density at radius 2 is 2.19 bits per heavy atom. The third-order valence-corrected chi connectivity index (χ3v) is 5.24. The van der Waals surface area contributed by atoms with Crippen molar-refractivity contribution in [2.24, 2.45) is 0 Å². The van der Waals surface area contributed by atoms with Gasteiger partial charge in [0.05, 0.1) is 15.9 Å². The molecule has 1 aromatic rings. The molecule has 1 aliphatic rings. The number of aryl methyl sites for hydroxylation is 1. The van der Waals surface area contributed by atoms with E-state index in [2.05, 4.69) is 4.72 Å². The molecule has 2 atom stereocenters. The van der Waals surface area contributed by atoms with Crippen LogP contribution in [0.3, 0.4) is 0 Å². The van der Waals surface area contributed by atoms with Gasteiger partial charge in [-0.05, 0) is 32.3 Å². The number of nitrogens with one attached hydrogen (secondary N) is 1. The van der Waals surface area contributed by atoms with Gasteiger partial charge in [-0.1, -0.05) is 6.07 Å². The zero-order valence-corrected chi connectivity index (χ0v) is 12.7. The quantitative estimate of drug-likeness (QED) is 0.659. The lowest BCUT2D eigenvalue weighted by Crippen LogP contribution is -2.40. The summed E-state index contributed by atoms with van der Waals surface area (Å²) >= 11 is 0. The fourth-order valence-electron chi connectivity index (χ4n) is 2.37. The molecular weight excluding hydrogens is 296 g/mol. The second kappa shape index (κ2) is 6.08. The first-order valence-corrected chi connectivity index (χ1v) is 8.18. The zero-order chi connectivity index (χ0) is 15.6. The summed E-state index contributed by atoms with van der Waals surface area (Å²) in [5.74, 6) is 0. The molecule has 1 fully saturated rings. The van der Waals surface area contributed by atoms with Crippen LogP contribution in [0.2, 0.25) is 0 Å². The topological polar surface area (TPSA) is 98.5 Å². The van der Waals surface area contributed by atoms with Gasteiger partial charge in [0.1, 0.15) is 0 Å². The fourth-order valence-corrected chi connectivity index (χ4v) is 3.91. The first kappa shape index (κ1) is 15.9. The van der Waals surface area contributed by atoms with Crippen LogP contribution in [-0.4, -0.2) is 32.1 Å². The fraction of sp³-hybridized carbons (Fsp3) is 0.538. The molecule has 0 aliphatic carbocycles. The number of nitrogens with zero attached hydrogens (tertiary/aromatic N) is 1. The van der Waals surface area contributed by atoms with Crippen molar-refractivity contribution in [1.82, 2.24) is 4.72 Å². The molecule has 7 nitrogen and oxygen atoms in total. The SMILES string of the molecule is Cc1ccc([N+](=O)[O-])cc1S(=O)(=O)N[C@@H](C)[C@@H]1CCCO1. The zero-order valence-electron chi connectivity index (χ0n) is 11.9. The average Bonchev–Trinajstić information content (AvgIpc) is 2.92. The maximum absolute atomic E-state index is 12.4. The molecular formula is C13H18N2O5S. The molecule has 1 aromatic carbocycles. The van der Waals surface area contributed by atoms with E-state index in [1.54, 1.807) is 13.8 Å². The van der Waals surface area contributed by atoms with Gasteiger partial charge in [-0.3, -0.25) is 10.1 Å². The molecule has 0 spiro atoms. The van der Waals surface area contributed by atoms with Gasteiger partial charge >= 0.3 is 0 Å². The number of sulfonamides is 1. The molecule has 21 heavy (non-hydrogen) atoms. The van der Waals surface area contributed by atoms with Crippen molar-refractivity contribution < 1.29 is 18.1 Å². The molecule has 0 radical (unpaired) electrons. The molecule has 0 unspecified atom stereocenters. The van der Waals surface area contributed by atoms with Crippen LogP contribution >= 0.6 is 0 Å². The highest BCUT2D eigenvalue weighted by molar-refractivity contribution is 7.89. The Kier molecular flexibility index (Phi) is 4.60. The lowest BCUT2D eigenvalue weighted by atomic mass is 10.1.